The van der Waals surface area contributed by atoms with Crippen LogP contribution in [-0.4, -0.2) is 34.7 Å². The van der Waals surface area contributed by atoms with Gasteiger partial charge in [-0.05, 0) is 32.1 Å². The number of nitrogens with one attached hydrogen (secondary N) is 2. The Balaban J connectivity index is 1.68. The van der Waals surface area contributed by atoms with Crippen molar-refractivity contribution in [1.29, 1.82) is 0 Å². The van der Waals surface area contributed by atoms with Gasteiger partial charge in [-0.3, -0.25) is 4.98 Å². The fraction of sp³-hybridized carbons (Fsp3) is 0.643. The lowest BCUT2D eigenvalue weighted by molar-refractivity contribution is 0.134. The van der Waals surface area contributed by atoms with Crippen LogP contribution in [0.3, 0.4) is 0 Å². The minimum absolute atomic E-state index is 0.0647. The lowest BCUT2D eigenvalue weighted by Crippen LogP contribution is -2.44. The van der Waals surface area contributed by atoms with Crippen LogP contribution < -0.4 is 15.4 Å². The standard InChI is InChI=1S/C14H22N4O2/c1-2-7-17-14(19)18-11-3-5-12(6-4-11)20-13-10-15-8-9-16-13/h8-12H,2-7H2,1H3,(H2,17,18,19). The normalized spacial score (nSPS) is 22.1. The molecule has 0 atom stereocenters. The zero-order valence-electron chi connectivity index (χ0n) is 11.8. The molecule has 1 aromatic rings. The summed E-state index contributed by atoms with van der Waals surface area (Å²) in [7, 11) is 0. The van der Waals surface area contributed by atoms with Crippen LogP contribution in [0.25, 0.3) is 0 Å². The van der Waals surface area contributed by atoms with Crippen LogP contribution in [0.15, 0.2) is 18.6 Å². The van der Waals surface area contributed by atoms with Gasteiger partial charge < -0.3 is 15.4 Å². The molecule has 6 heteroatoms. The molecule has 6 nitrogen and oxygen atoms in total. The summed E-state index contributed by atoms with van der Waals surface area (Å²) < 4.78 is 5.77. The number of ether oxygens (including phenoxy) is 1. The molecular formula is C14H22N4O2. The first-order valence-corrected chi connectivity index (χ1v) is 7.25. The second-order valence-electron chi connectivity index (χ2n) is 5.04. The Morgan fingerprint density at radius 2 is 2.15 bits per heavy atom. The third-order valence-electron chi connectivity index (χ3n) is 3.37. The Bertz CT molecular complexity index is 405. The summed E-state index contributed by atoms with van der Waals surface area (Å²) in [5.74, 6) is 0.574. The molecule has 0 saturated heterocycles. The minimum Gasteiger partial charge on any atom is -0.473 e. The van der Waals surface area contributed by atoms with Gasteiger partial charge in [-0.2, -0.15) is 0 Å². The summed E-state index contributed by atoms with van der Waals surface area (Å²) in [5.41, 5.74) is 0. The van der Waals surface area contributed by atoms with Crippen molar-refractivity contribution < 1.29 is 9.53 Å². The van der Waals surface area contributed by atoms with E-state index in [4.69, 9.17) is 4.74 Å². The quantitative estimate of drug-likeness (QED) is 0.862. The Labute approximate surface area is 119 Å². The van der Waals surface area contributed by atoms with E-state index in [9.17, 15) is 4.79 Å². The Kier molecular flexibility index (Phi) is 5.58. The van der Waals surface area contributed by atoms with Crippen LogP contribution in [0, 0.1) is 0 Å². The maximum atomic E-state index is 11.6. The Hall–Kier alpha value is -1.85. The SMILES string of the molecule is CCCNC(=O)NC1CCC(Oc2cnccn2)CC1. The molecule has 2 N–H and O–H groups in total. The van der Waals surface area contributed by atoms with Gasteiger partial charge in [0.25, 0.3) is 0 Å². The monoisotopic (exact) mass is 278 g/mol. The predicted molar refractivity (Wildman–Crippen MR) is 75.5 cm³/mol. The van der Waals surface area contributed by atoms with Gasteiger partial charge in [-0.15, -0.1) is 0 Å². The molecule has 1 aromatic heterocycles. The zero-order chi connectivity index (χ0) is 14.2. The van der Waals surface area contributed by atoms with Crippen molar-refractivity contribution in [2.24, 2.45) is 0 Å². The van der Waals surface area contributed by atoms with Gasteiger partial charge in [0, 0.05) is 25.0 Å². The summed E-state index contributed by atoms with van der Waals surface area (Å²) in [6.07, 6.45) is 9.72. The van der Waals surface area contributed by atoms with Gasteiger partial charge in [0.05, 0.1) is 6.20 Å². The third-order valence-corrected chi connectivity index (χ3v) is 3.37. The molecule has 0 unspecified atom stereocenters. The summed E-state index contributed by atoms with van der Waals surface area (Å²) in [5, 5.41) is 5.84. The van der Waals surface area contributed by atoms with E-state index in [-0.39, 0.29) is 18.2 Å². The topological polar surface area (TPSA) is 76.1 Å². The Morgan fingerprint density at radius 3 is 2.80 bits per heavy atom. The van der Waals surface area contributed by atoms with Gasteiger partial charge in [0.2, 0.25) is 5.88 Å². The maximum Gasteiger partial charge on any atom is 0.315 e. The van der Waals surface area contributed by atoms with E-state index in [1.54, 1.807) is 18.6 Å². The number of nitrogens with zero attached hydrogens (tertiary/aromatic N) is 2. The van der Waals surface area contributed by atoms with Crippen LogP contribution >= 0.6 is 0 Å². The first-order valence-electron chi connectivity index (χ1n) is 7.25. The summed E-state index contributed by atoms with van der Waals surface area (Å²) >= 11 is 0. The summed E-state index contributed by atoms with van der Waals surface area (Å²) in [6, 6.07) is 0.179. The number of carbonyl (C=O) groups is 1. The van der Waals surface area contributed by atoms with E-state index in [1.807, 2.05) is 6.92 Å². The molecule has 1 aliphatic rings. The van der Waals surface area contributed by atoms with Crippen LogP contribution in [-0.2, 0) is 0 Å². The van der Waals surface area contributed by atoms with Gasteiger partial charge in [0.1, 0.15) is 6.10 Å². The number of urea groups is 1. The van der Waals surface area contributed by atoms with E-state index in [1.165, 1.54) is 0 Å². The van der Waals surface area contributed by atoms with Crippen LogP contribution in [0.5, 0.6) is 5.88 Å². The lowest BCUT2D eigenvalue weighted by atomic mass is 9.93. The molecule has 1 fully saturated rings. The fourth-order valence-electron chi connectivity index (χ4n) is 2.32. The number of rotatable bonds is 5. The smallest absolute Gasteiger partial charge is 0.315 e. The third kappa shape index (κ3) is 4.68. The van der Waals surface area contributed by atoms with Crippen molar-refractivity contribution in [2.45, 2.75) is 51.2 Å². The highest BCUT2D eigenvalue weighted by Crippen LogP contribution is 2.22. The average molecular weight is 278 g/mol. The highest BCUT2D eigenvalue weighted by Gasteiger charge is 2.23. The number of aromatic nitrogens is 2. The second kappa shape index (κ2) is 7.67. The first-order chi connectivity index (χ1) is 9.78. The molecule has 0 aromatic carbocycles. The predicted octanol–water partition coefficient (Wildman–Crippen LogP) is 1.88. The van der Waals surface area contributed by atoms with Crippen molar-refractivity contribution in [3.63, 3.8) is 0 Å². The molecule has 0 spiro atoms. The molecule has 2 rings (SSSR count). The number of amides is 2. The van der Waals surface area contributed by atoms with E-state index in [2.05, 4.69) is 20.6 Å². The molecule has 1 aliphatic carbocycles. The van der Waals surface area contributed by atoms with Crippen molar-refractivity contribution in [3.05, 3.63) is 18.6 Å². The van der Waals surface area contributed by atoms with Gasteiger partial charge in [-0.25, -0.2) is 9.78 Å². The molecular weight excluding hydrogens is 256 g/mol. The minimum atomic E-state index is -0.0647. The van der Waals surface area contributed by atoms with Gasteiger partial charge in [-0.1, -0.05) is 6.92 Å². The highest BCUT2D eigenvalue weighted by molar-refractivity contribution is 5.74. The Morgan fingerprint density at radius 1 is 1.35 bits per heavy atom. The van der Waals surface area contributed by atoms with Crippen molar-refractivity contribution in [2.75, 3.05) is 6.54 Å². The van der Waals surface area contributed by atoms with Crippen LogP contribution in [0.1, 0.15) is 39.0 Å². The van der Waals surface area contributed by atoms with Gasteiger partial charge >= 0.3 is 6.03 Å². The van der Waals surface area contributed by atoms with Crippen molar-refractivity contribution >= 4 is 6.03 Å². The average Bonchev–Trinajstić information content (AvgIpc) is 2.48. The molecule has 0 radical (unpaired) electrons. The molecule has 1 heterocycles. The number of carbonyl (C=O) groups excluding carboxylic acids is 1. The zero-order valence-corrected chi connectivity index (χ0v) is 11.8. The van der Waals surface area contributed by atoms with E-state index in [0.717, 1.165) is 38.6 Å². The van der Waals surface area contributed by atoms with Crippen molar-refractivity contribution in [3.8, 4) is 5.88 Å². The molecule has 110 valence electrons. The van der Waals surface area contributed by atoms with Crippen LogP contribution in [0.2, 0.25) is 0 Å². The van der Waals surface area contributed by atoms with E-state index >= 15 is 0 Å². The van der Waals surface area contributed by atoms with Crippen molar-refractivity contribution in [1.82, 2.24) is 20.6 Å². The molecule has 0 bridgehead atoms. The van der Waals surface area contributed by atoms with Gasteiger partial charge in [0.15, 0.2) is 0 Å². The molecule has 20 heavy (non-hydrogen) atoms. The molecule has 2 amide bonds. The summed E-state index contributed by atoms with van der Waals surface area (Å²) in [6.45, 7) is 2.76. The largest absolute Gasteiger partial charge is 0.473 e. The number of hydrogen-bond acceptors (Lipinski definition) is 4. The van der Waals surface area contributed by atoms with E-state index < -0.39 is 0 Å². The summed E-state index contributed by atoms with van der Waals surface area (Å²) in [4.78, 5) is 19.7. The van der Waals surface area contributed by atoms with E-state index in [0.29, 0.717) is 5.88 Å². The number of hydrogen-bond donors (Lipinski definition) is 2. The highest BCUT2D eigenvalue weighted by atomic mass is 16.5. The second-order valence-corrected chi connectivity index (χ2v) is 5.04. The molecule has 1 saturated carbocycles. The lowest BCUT2D eigenvalue weighted by Gasteiger charge is -2.29. The fourth-order valence-corrected chi connectivity index (χ4v) is 2.32. The maximum absolute atomic E-state index is 11.6. The van der Waals surface area contributed by atoms with Crippen LogP contribution in [0.4, 0.5) is 4.79 Å². The molecule has 0 aliphatic heterocycles. The first kappa shape index (κ1) is 14.6.